The van der Waals surface area contributed by atoms with Gasteiger partial charge >= 0.3 is 0 Å². The molecule has 3 N–H and O–H groups in total. The molecular weight excluding hydrogens is 376 g/mol. The average Bonchev–Trinajstić information content (AvgIpc) is 3.19. The summed E-state index contributed by atoms with van der Waals surface area (Å²) >= 11 is 0. The van der Waals surface area contributed by atoms with Gasteiger partial charge in [0.1, 0.15) is 0 Å². The molecule has 0 aliphatic rings. The molecule has 3 rings (SSSR count). The second-order valence-corrected chi connectivity index (χ2v) is 7.28. The number of carbonyl (C=O) groups is 1. The predicted octanol–water partition coefficient (Wildman–Crippen LogP) is 4.18. The van der Waals surface area contributed by atoms with Crippen LogP contribution in [0.5, 0.6) is 0 Å². The van der Waals surface area contributed by atoms with Gasteiger partial charge in [-0.1, -0.05) is 36.4 Å². The number of rotatable bonds is 8. The zero-order valence-corrected chi connectivity index (χ0v) is 17.9. The lowest BCUT2D eigenvalue weighted by molar-refractivity contribution is 0.0925. The Bertz CT molecular complexity index is 1010. The summed E-state index contributed by atoms with van der Waals surface area (Å²) in [4.78, 5) is 16.7. The van der Waals surface area contributed by atoms with Crippen LogP contribution in [0.3, 0.4) is 0 Å². The van der Waals surface area contributed by atoms with Crippen LogP contribution >= 0.6 is 0 Å². The highest BCUT2D eigenvalue weighted by atomic mass is 16.3. The van der Waals surface area contributed by atoms with Crippen molar-refractivity contribution < 1.29 is 9.21 Å². The number of aryl methyl sites for hydroxylation is 1. The van der Waals surface area contributed by atoms with Gasteiger partial charge in [-0.15, -0.1) is 0 Å². The van der Waals surface area contributed by atoms with Crippen molar-refractivity contribution in [1.29, 1.82) is 0 Å². The van der Waals surface area contributed by atoms with Crippen molar-refractivity contribution in [2.24, 2.45) is 4.99 Å². The first-order valence-electron chi connectivity index (χ1n) is 10.4. The summed E-state index contributed by atoms with van der Waals surface area (Å²) in [5, 5.41) is 12.1. The quantitative estimate of drug-likeness (QED) is 0.298. The maximum atomic E-state index is 12.1. The normalized spacial score (nSPS) is 12.6. The number of fused-ring (bicyclic) bond motifs is 1. The van der Waals surface area contributed by atoms with Crippen LogP contribution in [-0.2, 0) is 0 Å². The number of hydrogen-bond donors (Lipinski definition) is 3. The fraction of sp³-hybridized carbons (Fsp3) is 0.333. The Morgan fingerprint density at radius 1 is 1.10 bits per heavy atom. The fourth-order valence-corrected chi connectivity index (χ4v) is 3.24. The number of furan rings is 1. The van der Waals surface area contributed by atoms with Crippen LogP contribution in [0.2, 0.25) is 0 Å². The van der Waals surface area contributed by atoms with E-state index in [1.165, 1.54) is 22.6 Å². The molecule has 0 aliphatic heterocycles. The first-order chi connectivity index (χ1) is 14.6. The molecule has 158 valence electrons. The number of benzene rings is 2. The largest absolute Gasteiger partial charge is 0.459 e. The molecule has 6 nitrogen and oxygen atoms in total. The molecular formula is C24H30N4O2. The highest BCUT2D eigenvalue weighted by Gasteiger charge is 2.11. The van der Waals surface area contributed by atoms with E-state index < -0.39 is 0 Å². The highest BCUT2D eigenvalue weighted by molar-refractivity contribution is 5.92. The summed E-state index contributed by atoms with van der Waals surface area (Å²) in [5.74, 6) is 0.959. The second-order valence-electron chi connectivity index (χ2n) is 7.28. The average molecular weight is 407 g/mol. The van der Waals surface area contributed by atoms with E-state index in [4.69, 9.17) is 4.42 Å². The van der Waals surface area contributed by atoms with Gasteiger partial charge in [-0.05, 0) is 55.7 Å². The minimum absolute atomic E-state index is 0.119. The van der Waals surface area contributed by atoms with Gasteiger partial charge in [-0.2, -0.15) is 0 Å². The molecule has 0 bridgehead atoms. The van der Waals surface area contributed by atoms with E-state index in [2.05, 4.69) is 70.3 Å². The van der Waals surface area contributed by atoms with E-state index in [0.717, 1.165) is 24.5 Å². The van der Waals surface area contributed by atoms with Crippen LogP contribution in [-0.4, -0.2) is 31.5 Å². The van der Waals surface area contributed by atoms with E-state index in [0.29, 0.717) is 18.8 Å². The molecule has 0 aliphatic carbocycles. The monoisotopic (exact) mass is 406 g/mol. The van der Waals surface area contributed by atoms with Gasteiger partial charge in [-0.3, -0.25) is 9.79 Å². The fourth-order valence-electron chi connectivity index (χ4n) is 3.24. The molecule has 1 amide bonds. The van der Waals surface area contributed by atoms with Crippen LogP contribution < -0.4 is 16.0 Å². The zero-order valence-electron chi connectivity index (χ0n) is 17.9. The predicted molar refractivity (Wildman–Crippen MR) is 122 cm³/mol. The van der Waals surface area contributed by atoms with Crippen LogP contribution in [0.4, 0.5) is 0 Å². The van der Waals surface area contributed by atoms with E-state index in [1.807, 2.05) is 13.8 Å². The maximum Gasteiger partial charge on any atom is 0.287 e. The van der Waals surface area contributed by atoms with Crippen molar-refractivity contribution in [3.8, 4) is 0 Å². The second kappa shape index (κ2) is 10.5. The third kappa shape index (κ3) is 5.63. The summed E-state index contributed by atoms with van der Waals surface area (Å²) < 4.78 is 5.21. The first-order valence-corrected chi connectivity index (χ1v) is 10.4. The number of guanidine groups is 1. The Hall–Kier alpha value is -3.28. The Morgan fingerprint density at radius 2 is 1.90 bits per heavy atom. The first kappa shape index (κ1) is 21.4. The van der Waals surface area contributed by atoms with E-state index in [9.17, 15) is 4.79 Å². The van der Waals surface area contributed by atoms with Crippen LogP contribution in [0, 0.1) is 6.92 Å². The van der Waals surface area contributed by atoms with E-state index in [1.54, 1.807) is 6.07 Å². The molecule has 0 saturated heterocycles. The molecule has 1 unspecified atom stereocenters. The van der Waals surface area contributed by atoms with Crippen LogP contribution in [0.25, 0.3) is 10.8 Å². The third-order valence-corrected chi connectivity index (χ3v) is 4.93. The molecule has 0 spiro atoms. The van der Waals surface area contributed by atoms with Gasteiger partial charge in [0.05, 0.1) is 12.3 Å². The Morgan fingerprint density at radius 3 is 2.63 bits per heavy atom. The Kier molecular flexibility index (Phi) is 7.49. The van der Waals surface area contributed by atoms with E-state index >= 15 is 0 Å². The van der Waals surface area contributed by atoms with Crippen molar-refractivity contribution >= 4 is 22.6 Å². The molecule has 3 aromatic rings. The zero-order chi connectivity index (χ0) is 21.3. The number of nitrogens with zero attached hydrogens (tertiary/aromatic N) is 1. The number of aliphatic imine (C=N–C) groups is 1. The Balaban J connectivity index is 1.52. The Labute approximate surface area is 177 Å². The van der Waals surface area contributed by atoms with Crippen molar-refractivity contribution in [1.82, 2.24) is 16.0 Å². The molecule has 1 atom stereocenters. The molecule has 6 heteroatoms. The topological polar surface area (TPSA) is 78.7 Å². The summed E-state index contributed by atoms with van der Waals surface area (Å²) in [6.45, 7) is 7.96. The molecule has 0 saturated carbocycles. The van der Waals surface area contributed by atoms with Gasteiger partial charge in [-0.25, -0.2) is 0 Å². The number of carbonyl (C=O) groups excluding carboxylic acids is 1. The van der Waals surface area contributed by atoms with Gasteiger partial charge in [0.15, 0.2) is 11.7 Å². The smallest absolute Gasteiger partial charge is 0.287 e. The standard InChI is InChI=1S/C24H30N4O2/c1-4-25-24(27-14-7-13-26-23(29)22-17(2)12-15-30-22)28-18(3)20-11-10-19-8-5-6-9-21(19)16-20/h5-6,8-12,15-16,18H,4,7,13-14H2,1-3H3,(H,26,29)(H2,25,27,28). The van der Waals surface area contributed by atoms with Crippen molar-refractivity contribution in [3.05, 3.63) is 71.7 Å². The molecule has 1 aromatic heterocycles. The SMILES string of the molecule is CCNC(=NCCCNC(=O)c1occc1C)NC(C)c1ccc2ccccc2c1. The molecule has 30 heavy (non-hydrogen) atoms. The van der Waals surface area contributed by atoms with Crippen molar-refractivity contribution in [2.75, 3.05) is 19.6 Å². The van der Waals surface area contributed by atoms with E-state index in [-0.39, 0.29) is 11.9 Å². The minimum atomic E-state index is -0.184. The van der Waals surface area contributed by atoms with Crippen molar-refractivity contribution in [2.45, 2.75) is 33.2 Å². The van der Waals surface area contributed by atoms with Crippen molar-refractivity contribution in [3.63, 3.8) is 0 Å². The van der Waals surface area contributed by atoms with Gasteiger partial charge in [0, 0.05) is 25.2 Å². The number of hydrogen-bond acceptors (Lipinski definition) is 3. The lowest BCUT2D eigenvalue weighted by Crippen LogP contribution is -2.39. The molecule has 1 heterocycles. The highest BCUT2D eigenvalue weighted by Crippen LogP contribution is 2.20. The lowest BCUT2D eigenvalue weighted by Gasteiger charge is -2.18. The van der Waals surface area contributed by atoms with Gasteiger partial charge < -0.3 is 20.4 Å². The molecule has 0 radical (unpaired) electrons. The summed E-state index contributed by atoms with van der Waals surface area (Å²) in [7, 11) is 0. The lowest BCUT2D eigenvalue weighted by atomic mass is 10.0. The molecule has 2 aromatic carbocycles. The van der Waals surface area contributed by atoms with Gasteiger partial charge in [0.25, 0.3) is 5.91 Å². The maximum absolute atomic E-state index is 12.1. The summed E-state index contributed by atoms with van der Waals surface area (Å²) in [5.41, 5.74) is 2.05. The number of nitrogens with one attached hydrogen (secondary N) is 3. The van der Waals surface area contributed by atoms with Gasteiger partial charge in [0.2, 0.25) is 0 Å². The number of amides is 1. The molecule has 0 fully saturated rings. The third-order valence-electron chi connectivity index (χ3n) is 4.93. The van der Waals surface area contributed by atoms with Crippen LogP contribution in [0.1, 0.15) is 48.0 Å². The minimum Gasteiger partial charge on any atom is -0.459 e. The summed E-state index contributed by atoms with van der Waals surface area (Å²) in [6.07, 6.45) is 2.27. The van der Waals surface area contributed by atoms with Crippen LogP contribution in [0.15, 0.2) is 64.2 Å². The summed E-state index contributed by atoms with van der Waals surface area (Å²) in [6, 6.07) is 16.8.